The summed E-state index contributed by atoms with van der Waals surface area (Å²) in [5, 5.41) is 0. The third-order valence-corrected chi connectivity index (χ3v) is 7.02. The van der Waals surface area contributed by atoms with Gasteiger partial charge in [0.25, 0.3) is 0 Å². The number of nitrogens with zero attached hydrogens (tertiary/aromatic N) is 1. The molecule has 0 bridgehead atoms. The molecule has 0 atom stereocenters. The minimum absolute atomic E-state index is 0.304. The Morgan fingerprint density at radius 2 is 1.66 bits per heavy atom. The molecule has 3 rings (SSSR count). The molecule has 1 saturated heterocycles. The fourth-order valence-electron chi connectivity index (χ4n) is 3.50. The summed E-state index contributed by atoms with van der Waals surface area (Å²) in [5.74, 6) is 2.11. The van der Waals surface area contributed by atoms with Crippen LogP contribution in [0.3, 0.4) is 0 Å². The van der Waals surface area contributed by atoms with Gasteiger partial charge < -0.3 is 19.1 Å². The van der Waals surface area contributed by atoms with E-state index in [1.54, 1.807) is 42.8 Å². The van der Waals surface area contributed by atoms with Crippen LogP contribution >= 0.6 is 0 Å². The lowest BCUT2D eigenvalue weighted by Gasteiger charge is -2.31. The highest BCUT2D eigenvalue weighted by Crippen LogP contribution is 2.27. The lowest BCUT2D eigenvalue weighted by atomic mass is 10.1. The van der Waals surface area contributed by atoms with Gasteiger partial charge in [-0.1, -0.05) is 0 Å². The summed E-state index contributed by atoms with van der Waals surface area (Å²) < 4.78 is 43.4. The van der Waals surface area contributed by atoms with Crippen LogP contribution in [-0.4, -0.2) is 59.7 Å². The molecule has 1 aliphatic rings. The summed E-state index contributed by atoms with van der Waals surface area (Å²) in [5.41, 5.74) is 1.15. The number of hydrogen-bond donors (Lipinski definition) is 1. The Hall–Kier alpha value is -2.29. The van der Waals surface area contributed by atoms with Crippen molar-refractivity contribution in [3.63, 3.8) is 0 Å². The number of piperazine rings is 1. The quantitative estimate of drug-likeness (QED) is 0.694. The van der Waals surface area contributed by atoms with E-state index in [9.17, 15) is 8.42 Å². The number of methoxy groups -OCH3 is 2. The number of rotatable bonds is 8. The predicted molar refractivity (Wildman–Crippen MR) is 110 cm³/mol. The molecular formula is C21H29N2O5S+. The zero-order valence-electron chi connectivity index (χ0n) is 17.2. The van der Waals surface area contributed by atoms with Gasteiger partial charge in [0, 0.05) is 5.56 Å². The van der Waals surface area contributed by atoms with E-state index in [-0.39, 0.29) is 0 Å². The minimum atomic E-state index is -3.48. The van der Waals surface area contributed by atoms with Crippen molar-refractivity contribution in [2.45, 2.75) is 18.4 Å². The largest absolute Gasteiger partial charge is 0.497 e. The van der Waals surface area contributed by atoms with Crippen LogP contribution in [0.4, 0.5) is 0 Å². The van der Waals surface area contributed by atoms with Crippen LogP contribution in [0, 0.1) is 0 Å². The summed E-state index contributed by atoms with van der Waals surface area (Å²) in [4.78, 5) is 1.65. The van der Waals surface area contributed by atoms with Crippen molar-refractivity contribution >= 4 is 10.0 Å². The average molecular weight is 422 g/mol. The first-order chi connectivity index (χ1) is 14.0. The average Bonchev–Trinajstić information content (AvgIpc) is 2.75. The Morgan fingerprint density at radius 3 is 2.24 bits per heavy atom. The van der Waals surface area contributed by atoms with E-state index in [0.717, 1.165) is 36.7 Å². The Morgan fingerprint density at radius 1 is 0.966 bits per heavy atom. The number of nitrogens with one attached hydrogen (secondary N) is 1. The van der Waals surface area contributed by atoms with Crippen LogP contribution in [-0.2, 0) is 16.6 Å². The van der Waals surface area contributed by atoms with Gasteiger partial charge in [-0.05, 0) is 49.4 Å². The van der Waals surface area contributed by atoms with Gasteiger partial charge in [0.1, 0.15) is 12.3 Å². The highest BCUT2D eigenvalue weighted by atomic mass is 32.2. The summed E-state index contributed by atoms with van der Waals surface area (Å²) in [7, 11) is -0.281. The SMILES string of the molecule is CCOc1ccc(C[NH+]2CCN(S(=O)(=O)c3ccc(OC)cc3)CC2)cc1OC. The second-order valence-corrected chi connectivity index (χ2v) is 8.86. The maximum absolute atomic E-state index is 12.9. The van der Waals surface area contributed by atoms with E-state index < -0.39 is 10.0 Å². The molecule has 0 aliphatic carbocycles. The zero-order chi connectivity index (χ0) is 20.9. The molecule has 1 fully saturated rings. The van der Waals surface area contributed by atoms with E-state index in [1.165, 1.54) is 4.90 Å². The molecule has 0 saturated carbocycles. The number of sulfonamides is 1. The summed E-state index contributed by atoms with van der Waals surface area (Å²) in [6, 6.07) is 12.5. The van der Waals surface area contributed by atoms with Crippen LogP contribution in [0.25, 0.3) is 0 Å². The molecule has 0 aromatic heterocycles. The van der Waals surface area contributed by atoms with Crippen molar-refractivity contribution in [2.75, 3.05) is 47.0 Å². The molecule has 0 radical (unpaired) electrons. The van der Waals surface area contributed by atoms with Crippen LogP contribution < -0.4 is 19.1 Å². The first-order valence-corrected chi connectivity index (χ1v) is 11.2. The van der Waals surface area contributed by atoms with Crippen LogP contribution in [0.1, 0.15) is 12.5 Å². The van der Waals surface area contributed by atoms with Crippen LogP contribution in [0.15, 0.2) is 47.4 Å². The molecule has 0 amide bonds. The molecule has 8 heteroatoms. The number of ether oxygens (including phenoxy) is 3. The number of benzene rings is 2. The molecule has 0 unspecified atom stereocenters. The monoisotopic (exact) mass is 421 g/mol. The second kappa shape index (κ2) is 9.47. The Balaban J connectivity index is 1.61. The van der Waals surface area contributed by atoms with Gasteiger partial charge in [-0.2, -0.15) is 4.31 Å². The van der Waals surface area contributed by atoms with Crippen LogP contribution in [0.5, 0.6) is 17.2 Å². The molecule has 7 nitrogen and oxygen atoms in total. The van der Waals surface area contributed by atoms with Gasteiger partial charge >= 0.3 is 0 Å². The lowest BCUT2D eigenvalue weighted by Crippen LogP contribution is -3.13. The third kappa shape index (κ3) is 5.01. The minimum Gasteiger partial charge on any atom is -0.497 e. The molecule has 1 heterocycles. The highest BCUT2D eigenvalue weighted by molar-refractivity contribution is 7.89. The molecular weight excluding hydrogens is 392 g/mol. The predicted octanol–water partition coefficient (Wildman–Crippen LogP) is 1.19. The van der Waals surface area contributed by atoms with E-state index in [4.69, 9.17) is 14.2 Å². The Labute approximate surface area is 172 Å². The van der Waals surface area contributed by atoms with Crippen molar-refractivity contribution in [2.24, 2.45) is 0 Å². The Bertz CT molecular complexity index is 907. The van der Waals surface area contributed by atoms with Crippen molar-refractivity contribution in [1.29, 1.82) is 0 Å². The molecule has 2 aromatic carbocycles. The highest BCUT2D eigenvalue weighted by Gasteiger charge is 2.30. The van der Waals surface area contributed by atoms with E-state index >= 15 is 0 Å². The smallest absolute Gasteiger partial charge is 0.243 e. The van der Waals surface area contributed by atoms with Crippen molar-refractivity contribution < 1.29 is 27.5 Å². The van der Waals surface area contributed by atoms with Gasteiger partial charge in [0.15, 0.2) is 11.5 Å². The normalized spacial score (nSPS) is 15.8. The maximum Gasteiger partial charge on any atom is 0.243 e. The second-order valence-electron chi connectivity index (χ2n) is 6.92. The van der Waals surface area contributed by atoms with E-state index in [2.05, 4.69) is 0 Å². The van der Waals surface area contributed by atoms with Crippen LogP contribution in [0.2, 0.25) is 0 Å². The molecule has 158 valence electrons. The number of hydrogen-bond acceptors (Lipinski definition) is 5. The summed E-state index contributed by atoms with van der Waals surface area (Å²) >= 11 is 0. The Kier molecular flexibility index (Phi) is 7.00. The molecule has 2 aromatic rings. The van der Waals surface area contributed by atoms with Gasteiger partial charge in [-0.3, -0.25) is 0 Å². The van der Waals surface area contributed by atoms with Gasteiger partial charge in [0.05, 0.1) is 51.9 Å². The van der Waals surface area contributed by atoms with Gasteiger partial charge in [-0.25, -0.2) is 8.42 Å². The van der Waals surface area contributed by atoms with Gasteiger partial charge in [0.2, 0.25) is 10.0 Å². The van der Waals surface area contributed by atoms with Crippen molar-refractivity contribution in [3.8, 4) is 17.2 Å². The van der Waals surface area contributed by atoms with Crippen molar-refractivity contribution in [1.82, 2.24) is 4.31 Å². The topological polar surface area (TPSA) is 69.5 Å². The lowest BCUT2D eigenvalue weighted by molar-refractivity contribution is -0.917. The standard InChI is InChI=1S/C21H28N2O5S/c1-4-28-20-10-5-17(15-21(20)27-3)16-22-11-13-23(14-12-22)29(24,25)19-8-6-18(26-2)7-9-19/h5-10,15H,4,11-14,16H2,1-3H3/p+1. The van der Waals surface area contributed by atoms with Gasteiger partial charge in [-0.15, -0.1) is 0 Å². The zero-order valence-corrected chi connectivity index (χ0v) is 18.0. The summed E-state index contributed by atoms with van der Waals surface area (Å²) in [6.45, 7) is 5.85. The fraction of sp³-hybridized carbons (Fsp3) is 0.429. The van der Waals surface area contributed by atoms with E-state index in [0.29, 0.717) is 30.3 Å². The molecule has 1 aliphatic heterocycles. The fourth-order valence-corrected chi connectivity index (χ4v) is 4.94. The molecule has 29 heavy (non-hydrogen) atoms. The molecule has 1 N–H and O–H groups in total. The maximum atomic E-state index is 12.9. The summed E-state index contributed by atoms with van der Waals surface area (Å²) in [6.07, 6.45) is 0. The molecule has 0 spiro atoms. The van der Waals surface area contributed by atoms with Crippen molar-refractivity contribution in [3.05, 3.63) is 48.0 Å². The number of quaternary nitrogens is 1. The first kappa shape index (κ1) is 21.4. The first-order valence-electron chi connectivity index (χ1n) is 9.75. The third-order valence-electron chi connectivity index (χ3n) is 5.11. The van der Waals surface area contributed by atoms with E-state index in [1.807, 2.05) is 25.1 Å².